The van der Waals surface area contributed by atoms with E-state index in [0.717, 1.165) is 110 Å². The van der Waals surface area contributed by atoms with Gasteiger partial charge in [0, 0.05) is 187 Å². The number of aryl methyl sites for hydroxylation is 1. The molecule has 0 radical (unpaired) electrons. The number of halogens is 12. The number of methoxy groups -OCH3 is 2. The van der Waals surface area contributed by atoms with Gasteiger partial charge in [-0.15, -0.1) is 0 Å². The fourth-order valence-corrected chi connectivity index (χ4v) is 18.7. The Morgan fingerprint density at radius 2 is 0.895 bits per heavy atom. The number of carbonyl (C=O) groups is 4. The molecule has 114 heavy (non-hydrogen) atoms. The Kier molecular flexibility index (Phi) is 29.7. The lowest BCUT2D eigenvalue weighted by Gasteiger charge is -2.37. The number of alkyl halides is 10. The summed E-state index contributed by atoms with van der Waals surface area (Å²) in [6.45, 7) is 7.95. The molecule has 2 saturated heterocycles. The quantitative estimate of drug-likeness (QED) is 0.0440. The summed E-state index contributed by atoms with van der Waals surface area (Å²) < 4.78 is 162. The van der Waals surface area contributed by atoms with Crippen LogP contribution in [0.3, 0.4) is 0 Å². The average Bonchev–Trinajstić information content (AvgIpc) is 1.70. The first-order chi connectivity index (χ1) is 54.2. The number of Topliss-reactive ketones (excluding diaryl/α,β-unsaturated/α-hetero) is 4. The van der Waals surface area contributed by atoms with Gasteiger partial charge in [0.1, 0.15) is 0 Å². The molecule has 4 atom stereocenters. The monoisotopic (exact) mass is 1640 g/mol. The van der Waals surface area contributed by atoms with E-state index < -0.39 is 46.9 Å². The standard InChI is InChI=1S/C23H27ClF3NO3.C23H30ClNO3.C21H24F5NO2.C21H27F2NO2/c24-18-4-2-10-28-19(15-6-11-31-12-7-15)13-17(21(18)28)20(29)5-9-22(30)8-1-3-16(14-22)23(25,26)27;1-16-4-2-9-23(27,15-16)10-6-21(26)18-14-20(17-7-12-28-13-8-17)25-11-3-5-19(24)22(18)25;1-29-12-8-15-13-16(19-17(21(24,25)26)3-2-11-27(15)19)18(28)5-4-14-6-9-20(22,23)10-7-14;1-15-4-3-12-24-17(9-13-26-2)14-18(20(15)24)19(25)6-5-16-7-10-21(22,23)11-8-16/h2,4,10,13,15-16,30H,1,3,5-9,11-12,14H2;3,5,11,14,16-17,27H,2,4,6-10,12-13,15H2,1H3;2-3,11,13-14H,4-10,12H2,1H3;3-4,12,14,16H,5-11,13H2,1-2H3/t;16-,23+;;/m.1../s1. The van der Waals surface area contributed by atoms with Crippen molar-refractivity contribution < 1.29 is 92.2 Å². The molecule has 0 bridgehead atoms. The molecular formula is C88H108Cl2F10N4O10. The van der Waals surface area contributed by atoms with Crippen LogP contribution in [0.2, 0.25) is 10.0 Å². The van der Waals surface area contributed by atoms with Crippen molar-refractivity contribution >= 4 is 68.4 Å². The van der Waals surface area contributed by atoms with Crippen molar-refractivity contribution in [2.45, 2.75) is 254 Å². The molecule has 8 aromatic rings. The molecule has 14 rings (SSSR count). The lowest BCUT2D eigenvalue weighted by molar-refractivity contribution is -0.201. The summed E-state index contributed by atoms with van der Waals surface area (Å²) in [6.07, 6.45) is 11.0. The van der Waals surface area contributed by atoms with Crippen LogP contribution in [-0.2, 0) is 38.0 Å². The molecule has 2 N–H and O–H groups in total. The van der Waals surface area contributed by atoms with Gasteiger partial charge < -0.3 is 46.8 Å². The molecule has 4 aliphatic carbocycles. The van der Waals surface area contributed by atoms with E-state index >= 15 is 0 Å². The highest BCUT2D eigenvalue weighted by atomic mass is 35.5. The van der Waals surface area contributed by atoms with Crippen molar-refractivity contribution in [2.75, 3.05) is 53.9 Å². The summed E-state index contributed by atoms with van der Waals surface area (Å²) in [5.41, 5.74) is 6.00. The Balaban J connectivity index is 0.000000150. The van der Waals surface area contributed by atoms with Crippen LogP contribution in [0.5, 0.6) is 0 Å². The van der Waals surface area contributed by atoms with Crippen LogP contribution >= 0.6 is 23.2 Å². The van der Waals surface area contributed by atoms with E-state index in [-0.39, 0.29) is 116 Å². The summed E-state index contributed by atoms with van der Waals surface area (Å²) in [6, 6.07) is 21.0. The predicted molar refractivity (Wildman–Crippen MR) is 420 cm³/mol. The van der Waals surface area contributed by atoms with Crippen LogP contribution in [-0.4, -0.2) is 134 Å². The number of rotatable bonds is 24. The first-order valence-electron chi connectivity index (χ1n) is 40.6. The second-order valence-electron chi connectivity index (χ2n) is 32.9. The number of fused-ring (bicyclic) bond motifs is 4. The highest BCUT2D eigenvalue weighted by Crippen LogP contribution is 2.47. The zero-order chi connectivity index (χ0) is 81.9. The van der Waals surface area contributed by atoms with E-state index in [1.165, 1.54) is 36.3 Å². The maximum Gasteiger partial charge on any atom is 0.418 e. The Morgan fingerprint density at radius 3 is 1.33 bits per heavy atom. The summed E-state index contributed by atoms with van der Waals surface area (Å²) in [5, 5.41) is 22.8. The molecule has 0 aromatic carbocycles. The number of carbonyl (C=O) groups excluding carboxylic acids is 4. The molecule has 26 heteroatoms. The van der Waals surface area contributed by atoms with E-state index in [4.69, 9.17) is 42.1 Å². The van der Waals surface area contributed by atoms with Gasteiger partial charge in [-0.25, -0.2) is 17.6 Å². The van der Waals surface area contributed by atoms with Crippen LogP contribution in [0.4, 0.5) is 43.9 Å². The lowest BCUT2D eigenvalue weighted by Crippen LogP contribution is -2.40. The van der Waals surface area contributed by atoms with Crippen molar-refractivity contribution in [2.24, 2.45) is 23.7 Å². The smallest absolute Gasteiger partial charge is 0.390 e. The number of hydrogen-bond donors (Lipinski definition) is 2. The first-order valence-corrected chi connectivity index (χ1v) is 41.4. The number of ether oxygens (including phenoxy) is 4. The molecule has 6 aliphatic rings. The SMILES string of the molecule is COCCc1cc(C(=O)CCC2CCC(F)(F)CC2)c2c(C(F)(F)F)cccn12.COCCc1cc(C(=O)CCC2CCC(F)(F)CC2)c2c(C)cccn12.C[C@@H]1CCC[C@](O)(CCC(=O)c2cc(C3CCOCC3)n3cccc(Cl)c23)C1.O=C(CCC1(O)CCCC(C(F)(F)F)C1)c1cc(C2CCOCC2)n2cccc(Cl)c12. The van der Waals surface area contributed by atoms with Gasteiger partial charge in [-0.2, -0.15) is 26.3 Å². The summed E-state index contributed by atoms with van der Waals surface area (Å²) >= 11 is 12.9. The van der Waals surface area contributed by atoms with Crippen LogP contribution < -0.4 is 0 Å². The molecule has 0 amide bonds. The third-order valence-corrected chi connectivity index (χ3v) is 25.2. The van der Waals surface area contributed by atoms with E-state index in [2.05, 4.69) is 15.7 Å². The lowest BCUT2D eigenvalue weighted by atomic mass is 9.75. The number of aliphatic hydroxyl groups is 2. The molecule has 6 fully saturated rings. The van der Waals surface area contributed by atoms with Gasteiger partial charge in [-0.1, -0.05) is 49.0 Å². The predicted octanol–water partition coefficient (Wildman–Crippen LogP) is 22.5. The van der Waals surface area contributed by atoms with Crippen molar-refractivity contribution in [1.82, 2.24) is 17.6 Å². The molecule has 8 aromatic heterocycles. The molecule has 0 spiro atoms. The molecule has 14 nitrogen and oxygen atoms in total. The fraction of sp³-hybridized carbons (Fsp3) is 0.591. The summed E-state index contributed by atoms with van der Waals surface area (Å²) in [5.74, 6) is -5.67. The maximum absolute atomic E-state index is 13.6. The molecule has 2 aliphatic heterocycles. The van der Waals surface area contributed by atoms with Gasteiger partial charge in [0.15, 0.2) is 23.1 Å². The Bertz CT molecular complexity index is 4590. The van der Waals surface area contributed by atoms with Crippen LogP contribution in [0.1, 0.15) is 274 Å². The fourth-order valence-electron chi connectivity index (χ4n) is 18.2. The number of ketones is 4. The highest BCUT2D eigenvalue weighted by molar-refractivity contribution is 6.35. The maximum atomic E-state index is 13.6. The summed E-state index contributed by atoms with van der Waals surface area (Å²) in [7, 11) is 3.16. The van der Waals surface area contributed by atoms with Crippen molar-refractivity contribution in [3.8, 4) is 0 Å². The van der Waals surface area contributed by atoms with E-state index in [9.17, 15) is 73.3 Å². The normalized spacial score (nSPS) is 22.1. The van der Waals surface area contributed by atoms with Gasteiger partial charge in [0.2, 0.25) is 11.8 Å². The Hall–Kier alpha value is -6.64. The third kappa shape index (κ3) is 22.2. The van der Waals surface area contributed by atoms with Crippen LogP contribution in [0.15, 0.2) is 97.6 Å². The zero-order valence-electron chi connectivity index (χ0n) is 65.6. The second kappa shape index (κ2) is 38.4. The van der Waals surface area contributed by atoms with E-state index in [1.807, 2.05) is 78.4 Å². The minimum absolute atomic E-state index is 0.00232. The second-order valence-corrected chi connectivity index (χ2v) is 33.7. The van der Waals surface area contributed by atoms with Gasteiger partial charge in [0.05, 0.1) is 68.0 Å². The minimum atomic E-state index is -4.59. The van der Waals surface area contributed by atoms with Gasteiger partial charge >= 0.3 is 12.4 Å². The molecule has 4 saturated carbocycles. The number of hydrogen-bond acceptors (Lipinski definition) is 10. The third-order valence-electron chi connectivity index (χ3n) is 24.6. The van der Waals surface area contributed by atoms with Gasteiger partial charge in [0.25, 0.3) is 0 Å². The number of nitrogens with zero attached hydrogens (tertiary/aromatic N) is 4. The largest absolute Gasteiger partial charge is 0.418 e. The van der Waals surface area contributed by atoms with Crippen LogP contribution in [0, 0.1) is 30.6 Å². The first kappa shape index (κ1) is 88.2. The minimum Gasteiger partial charge on any atom is -0.390 e. The van der Waals surface area contributed by atoms with Crippen molar-refractivity contribution in [3.05, 3.63) is 164 Å². The highest BCUT2D eigenvalue weighted by Gasteiger charge is 2.47. The summed E-state index contributed by atoms with van der Waals surface area (Å²) in [4.78, 5) is 52.0. The number of aromatic nitrogens is 4. The average molecular weight is 1640 g/mol. The number of pyridine rings is 4. The molecule has 2 unspecified atom stereocenters. The van der Waals surface area contributed by atoms with Crippen molar-refractivity contribution in [3.63, 3.8) is 0 Å². The van der Waals surface area contributed by atoms with Gasteiger partial charge in [-0.05, 0) is 213 Å². The van der Waals surface area contributed by atoms with Crippen molar-refractivity contribution in [1.29, 1.82) is 0 Å². The van der Waals surface area contributed by atoms with E-state index in [0.29, 0.717) is 141 Å². The molecule has 10 heterocycles. The van der Waals surface area contributed by atoms with Crippen LogP contribution in [0.25, 0.3) is 22.1 Å². The van der Waals surface area contributed by atoms with Gasteiger partial charge in [-0.3, -0.25) is 19.2 Å². The molecular weight excluding hydrogens is 1530 g/mol. The Morgan fingerprint density at radius 1 is 0.500 bits per heavy atom. The topological polar surface area (TPSA) is 163 Å². The van der Waals surface area contributed by atoms with E-state index in [1.54, 1.807) is 13.2 Å². The zero-order valence-corrected chi connectivity index (χ0v) is 67.2. The Labute approximate surface area is 669 Å². The molecule has 624 valence electrons.